The summed E-state index contributed by atoms with van der Waals surface area (Å²) in [5.74, 6) is 0.414. The lowest BCUT2D eigenvalue weighted by Crippen LogP contribution is -2.52. The van der Waals surface area contributed by atoms with Crippen LogP contribution in [0.2, 0.25) is 0 Å². The summed E-state index contributed by atoms with van der Waals surface area (Å²) >= 11 is 0. The van der Waals surface area contributed by atoms with Gasteiger partial charge in [-0.05, 0) is 73.9 Å². The average molecular weight is 580 g/mol. The van der Waals surface area contributed by atoms with E-state index >= 15 is 0 Å². The monoisotopic (exact) mass is 579 g/mol. The highest BCUT2D eigenvalue weighted by atomic mass is 32.2. The van der Waals surface area contributed by atoms with Gasteiger partial charge in [0.2, 0.25) is 11.8 Å². The van der Waals surface area contributed by atoms with Gasteiger partial charge in [-0.15, -0.1) is 0 Å². The Morgan fingerprint density at radius 2 is 1.44 bits per heavy atom. The largest absolute Gasteiger partial charge is 0.497 e. The molecule has 1 atom stereocenters. The highest BCUT2D eigenvalue weighted by molar-refractivity contribution is 7.92. The van der Waals surface area contributed by atoms with Crippen LogP contribution in [-0.2, 0) is 26.2 Å². The number of sulfonamides is 1. The van der Waals surface area contributed by atoms with Gasteiger partial charge in [0.1, 0.15) is 24.1 Å². The van der Waals surface area contributed by atoms with Crippen molar-refractivity contribution < 1.29 is 27.5 Å². The lowest BCUT2D eigenvalue weighted by molar-refractivity contribution is -0.139. The topological polar surface area (TPSA) is 105 Å². The summed E-state index contributed by atoms with van der Waals surface area (Å²) in [6.45, 7) is 1.30. The standard InChI is InChI=1S/C31H37N3O6S/c1-23(31(36)32-25-9-7-8-10-25)33(21-24-13-15-27(39-2)16-14-24)30(35)22-34(26-11-5-4-6-12-26)41(37,38)29-19-17-28(40-3)18-20-29/h4-6,11-20,23,25H,7-10,21-22H2,1-3H3,(H,32,36)/t23-/m0/s1. The Bertz CT molecular complexity index is 1410. The minimum Gasteiger partial charge on any atom is -0.497 e. The number of benzene rings is 3. The molecule has 0 radical (unpaired) electrons. The molecule has 2 amide bonds. The highest BCUT2D eigenvalue weighted by Gasteiger charge is 2.33. The van der Waals surface area contributed by atoms with E-state index in [1.165, 1.54) is 24.1 Å². The second-order valence-electron chi connectivity index (χ2n) is 10.1. The van der Waals surface area contributed by atoms with Gasteiger partial charge in [-0.3, -0.25) is 13.9 Å². The third-order valence-electron chi connectivity index (χ3n) is 7.35. The van der Waals surface area contributed by atoms with E-state index in [0.717, 1.165) is 35.6 Å². The molecule has 9 nitrogen and oxygen atoms in total. The maximum atomic E-state index is 14.0. The molecule has 218 valence electrons. The van der Waals surface area contributed by atoms with Crippen LogP contribution in [-0.4, -0.2) is 58.0 Å². The lowest BCUT2D eigenvalue weighted by atomic mass is 10.1. The number of nitrogens with one attached hydrogen (secondary N) is 1. The van der Waals surface area contributed by atoms with Crippen molar-refractivity contribution in [1.29, 1.82) is 0 Å². The number of hydrogen-bond donors (Lipinski definition) is 1. The minimum absolute atomic E-state index is 0.0173. The van der Waals surface area contributed by atoms with Crippen molar-refractivity contribution in [3.63, 3.8) is 0 Å². The normalized spacial score (nSPS) is 14.2. The molecule has 1 aliphatic rings. The maximum absolute atomic E-state index is 14.0. The van der Waals surface area contributed by atoms with Crippen molar-refractivity contribution in [3.05, 3.63) is 84.4 Å². The molecule has 41 heavy (non-hydrogen) atoms. The first-order valence-corrected chi connectivity index (χ1v) is 15.1. The van der Waals surface area contributed by atoms with Crippen LogP contribution >= 0.6 is 0 Å². The predicted octanol–water partition coefficient (Wildman–Crippen LogP) is 4.38. The molecule has 1 N–H and O–H groups in total. The lowest BCUT2D eigenvalue weighted by Gasteiger charge is -2.32. The molecule has 1 saturated carbocycles. The number of amides is 2. The zero-order chi connectivity index (χ0) is 29.4. The van der Waals surface area contributed by atoms with Gasteiger partial charge in [0.05, 0.1) is 24.8 Å². The van der Waals surface area contributed by atoms with Gasteiger partial charge >= 0.3 is 0 Å². The van der Waals surface area contributed by atoms with Gasteiger partial charge < -0.3 is 19.7 Å². The van der Waals surface area contributed by atoms with E-state index in [-0.39, 0.29) is 23.4 Å². The summed E-state index contributed by atoms with van der Waals surface area (Å²) in [7, 11) is -1.07. The number of nitrogens with zero attached hydrogens (tertiary/aromatic N) is 2. The fourth-order valence-electron chi connectivity index (χ4n) is 4.90. The molecule has 0 heterocycles. The van der Waals surface area contributed by atoms with Crippen molar-refractivity contribution in [2.75, 3.05) is 25.1 Å². The summed E-state index contributed by atoms with van der Waals surface area (Å²) in [4.78, 5) is 28.8. The van der Waals surface area contributed by atoms with E-state index < -0.39 is 28.5 Å². The van der Waals surface area contributed by atoms with Crippen LogP contribution < -0.4 is 19.1 Å². The number of para-hydroxylation sites is 1. The van der Waals surface area contributed by atoms with Crippen LogP contribution in [0, 0.1) is 0 Å². The van der Waals surface area contributed by atoms with Crippen LogP contribution in [0.1, 0.15) is 38.2 Å². The van der Waals surface area contributed by atoms with Gasteiger partial charge in [-0.1, -0.05) is 43.2 Å². The predicted molar refractivity (Wildman–Crippen MR) is 157 cm³/mol. The van der Waals surface area contributed by atoms with Crippen LogP contribution in [0.4, 0.5) is 5.69 Å². The summed E-state index contributed by atoms with van der Waals surface area (Å²) in [5, 5.41) is 3.07. The number of anilines is 1. The van der Waals surface area contributed by atoms with Gasteiger partial charge in [-0.25, -0.2) is 8.42 Å². The fraction of sp³-hybridized carbons (Fsp3) is 0.355. The Balaban J connectivity index is 1.66. The molecule has 0 aromatic heterocycles. The van der Waals surface area contributed by atoms with Gasteiger partial charge in [0.25, 0.3) is 10.0 Å². The Hall–Kier alpha value is -4.05. The second-order valence-corrected chi connectivity index (χ2v) is 11.9. The SMILES string of the molecule is COc1ccc(CN(C(=O)CN(c2ccccc2)S(=O)(=O)c2ccc(OC)cc2)[C@@H](C)C(=O)NC2CCCC2)cc1. The summed E-state index contributed by atoms with van der Waals surface area (Å²) in [5.41, 5.74) is 1.12. The van der Waals surface area contributed by atoms with Gasteiger partial charge in [0.15, 0.2) is 0 Å². The molecule has 1 fully saturated rings. The first kappa shape index (κ1) is 29.9. The molecule has 3 aromatic rings. The number of carbonyl (C=O) groups is 2. The van der Waals surface area contributed by atoms with Crippen molar-refractivity contribution >= 4 is 27.5 Å². The molecule has 0 bridgehead atoms. The first-order valence-electron chi connectivity index (χ1n) is 13.7. The van der Waals surface area contributed by atoms with Crippen LogP contribution in [0.5, 0.6) is 11.5 Å². The molecule has 3 aromatic carbocycles. The first-order chi connectivity index (χ1) is 19.7. The van der Waals surface area contributed by atoms with Crippen LogP contribution in [0.15, 0.2) is 83.8 Å². The Morgan fingerprint density at radius 1 is 0.878 bits per heavy atom. The third kappa shape index (κ3) is 7.38. The molecule has 1 aliphatic carbocycles. The molecule has 0 saturated heterocycles. The highest BCUT2D eigenvalue weighted by Crippen LogP contribution is 2.26. The minimum atomic E-state index is -4.14. The molecule has 0 unspecified atom stereocenters. The molecule has 10 heteroatoms. The van der Waals surface area contributed by atoms with E-state index in [0.29, 0.717) is 17.2 Å². The van der Waals surface area contributed by atoms with E-state index in [2.05, 4.69) is 5.32 Å². The third-order valence-corrected chi connectivity index (χ3v) is 9.14. The van der Waals surface area contributed by atoms with Gasteiger partial charge in [0, 0.05) is 12.6 Å². The van der Waals surface area contributed by atoms with Crippen LogP contribution in [0.3, 0.4) is 0 Å². The molecule has 0 spiro atoms. The van der Waals surface area contributed by atoms with Crippen molar-refractivity contribution in [2.24, 2.45) is 0 Å². The number of rotatable bonds is 12. The number of hydrogen-bond acceptors (Lipinski definition) is 6. The molecule has 0 aliphatic heterocycles. The Labute approximate surface area is 242 Å². The Morgan fingerprint density at radius 3 is 2.00 bits per heavy atom. The Kier molecular flexibility index (Phi) is 9.88. The van der Waals surface area contributed by atoms with Crippen LogP contribution in [0.25, 0.3) is 0 Å². The van der Waals surface area contributed by atoms with E-state index in [9.17, 15) is 18.0 Å². The van der Waals surface area contributed by atoms with Crippen molar-refractivity contribution in [2.45, 2.75) is 56.1 Å². The summed E-state index contributed by atoms with van der Waals surface area (Å²) in [6.07, 6.45) is 3.94. The maximum Gasteiger partial charge on any atom is 0.264 e. The van der Waals surface area contributed by atoms with Crippen molar-refractivity contribution in [1.82, 2.24) is 10.2 Å². The zero-order valence-corrected chi connectivity index (χ0v) is 24.5. The number of carbonyl (C=O) groups excluding carboxylic acids is 2. The van der Waals surface area contributed by atoms with E-state index in [1.54, 1.807) is 68.6 Å². The molecular weight excluding hydrogens is 542 g/mol. The van der Waals surface area contributed by atoms with E-state index in [4.69, 9.17) is 9.47 Å². The van der Waals surface area contributed by atoms with Gasteiger partial charge in [-0.2, -0.15) is 0 Å². The van der Waals surface area contributed by atoms with E-state index in [1.807, 2.05) is 12.1 Å². The summed E-state index contributed by atoms with van der Waals surface area (Å²) < 4.78 is 39.3. The second kappa shape index (κ2) is 13.5. The fourth-order valence-corrected chi connectivity index (χ4v) is 6.31. The quantitative estimate of drug-likeness (QED) is 0.342. The number of ether oxygens (including phenoxy) is 2. The molecule has 4 rings (SSSR count). The zero-order valence-electron chi connectivity index (χ0n) is 23.7. The smallest absolute Gasteiger partial charge is 0.264 e. The molecular formula is C31H37N3O6S. The average Bonchev–Trinajstić information content (AvgIpc) is 3.52. The van der Waals surface area contributed by atoms with Crippen molar-refractivity contribution in [3.8, 4) is 11.5 Å². The summed E-state index contributed by atoms with van der Waals surface area (Å²) in [6, 6.07) is 20.9. The number of methoxy groups -OCH3 is 2.